The number of aliphatic hydroxyl groups excluding tert-OH is 1. The first kappa shape index (κ1) is 13.5. The zero-order chi connectivity index (χ0) is 13.0. The fourth-order valence-electron chi connectivity index (χ4n) is 1.95. The summed E-state index contributed by atoms with van der Waals surface area (Å²) in [6.07, 6.45) is 0.879. The van der Waals surface area contributed by atoms with Crippen LogP contribution in [-0.2, 0) is 21.4 Å². The summed E-state index contributed by atoms with van der Waals surface area (Å²) in [6.45, 7) is 1.38. The molecular formula is C12H17NO4S. The number of benzene rings is 1. The Labute approximate surface area is 107 Å². The van der Waals surface area contributed by atoms with Gasteiger partial charge in [0.15, 0.2) is 0 Å². The lowest BCUT2D eigenvalue weighted by Crippen LogP contribution is -2.30. The summed E-state index contributed by atoms with van der Waals surface area (Å²) in [4.78, 5) is 0.145. The second kappa shape index (κ2) is 5.79. The molecule has 2 rings (SSSR count). The smallest absolute Gasteiger partial charge is 0.240 e. The highest BCUT2D eigenvalue weighted by molar-refractivity contribution is 7.89. The van der Waals surface area contributed by atoms with E-state index in [1.54, 1.807) is 18.2 Å². The Morgan fingerprint density at radius 1 is 1.39 bits per heavy atom. The normalized spacial score (nSPS) is 20.2. The number of rotatable bonds is 5. The van der Waals surface area contributed by atoms with Crippen molar-refractivity contribution in [2.24, 2.45) is 5.92 Å². The van der Waals surface area contributed by atoms with Gasteiger partial charge < -0.3 is 9.84 Å². The quantitative estimate of drug-likeness (QED) is 0.817. The number of sulfonamides is 1. The van der Waals surface area contributed by atoms with Crippen molar-refractivity contribution in [3.63, 3.8) is 0 Å². The van der Waals surface area contributed by atoms with Crippen molar-refractivity contribution in [1.29, 1.82) is 0 Å². The van der Waals surface area contributed by atoms with Crippen LogP contribution in [0.2, 0.25) is 0 Å². The lowest BCUT2D eigenvalue weighted by Gasteiger charge is -2.12. The van der Waals surface area contributed by atoms with Crippen LogP contribution < -0.4 is 4.72 Å². The molecule has 1 saturated heterocycles. The SMILES string of the molecule is O=S(=O)(NCC1CCOC1)c1ccccc1CO. The van der Waals surface area contributed by atoms with E-state index in [1.165, 1.54) is 6.07 Å². The van der Waals surface area contributed by atoms with Crippen molar-refractivity contribution < 1.29 is 18.3 Å². The molecule has 0 bridgehead atoms. The van der Waals surface area contributed by atoms with Crippen molar-refractivity contribution in [3.8, 4) is 0 Å². The highest BCUT2D eigenvalue weighted by Gasteiger charge is 2.21. The predicted octanol–water partition coefficient (Wildman–Crippen LogP) is 0.494. The highest BCUT2D eigenvalue weighted by atomic mass is 32.2. The van der Waals surface area contributed by atoms with Gasteiger partial charge >= 0.3 is 0 Å². The summed E-state index contributed by atoms with van der Waals surface area (Å²) in [5, 5.41) is 9.15. The monoisotopic (exact) mass is 271 g/mol. The Balaban J connectivity index is 2.09. The third-order valence-corrected chi connectivity index (χ3v) is 4.54. The van der Waals surface area contributed by atoms with Gasteiger partial charge in [-0.2, -0.15) is 0 Å². The molecule has 100 valence electrons. The van der Waals surface area contributed by atoms with E-state index in [1.807, 2.05) is 0 Å². The first-order chi connectivity index (χ1) is 8.63. The molecule has 2 N–H and O–H groups in total. The van der Waals surface area contributed by atoms with Gasteiger partial charge in [0.2, 0.25) is 10.0 Å². The van der Waals surface area contributed by atoms with Crippen molar-refractivity contribution in [3.05, 3.63) is 29.8 Å². The Kier molecular flexibility index (Phi) is 4.34. The molecular weight excluding hydrogens is 254 g/mol. The molecule has 1 heterocycles. The molecule has 0 saturated carbocycles. The standard InChI is InChI=1S/C12H17NO4S/c14-8-11-3-1-2-4-12(11)18(15,16)13-7-10-5-6-17-9-10/h1-4,10,13-14H,5-9H2. The van der Waals surface area contributed by atoms with E-state index >= 15 is 0 Å². The van der Waals surface area contributed by atoms with E-state index in [2.05, 4.69) is 4.72 Å². The molecule has 0 radical (unpaired) electrons. The number of aliphatic hydroxyl groups is 1. The summed E-state index contributed by atoms with van der Waals surface area (Å²) in [5.41, 5.74) is 0.410. The van der Waals surface area contributed by atoms with Gasteiger partial charge in [-0.05, 0) is 24.0 Å². The highest BCUT2D eigenvalue weighted by Crippen LogP contribution is 2.17. The van der Waals surface area contributed by atoms with E-state index in [4.69, 9.17) is 9.84 Å². The Bertz CT molecular complexity index is 495. The predicted molar refractivity (Wildman–Crippen MR) is 66.5 cm³/mol. The summed E-state index contributed by atoms with van der Waals surface area (Å²) >= 11 is 0. The van der Waals surface area contributed by atoms with Gasteiger partial charge in [-0.1, -0.05) is 18.2 Å². The van der Waals surface area contributed by atoms with E-state index in [0.717, 1.165) is 6.42 Å². The molecule has 1 aromatic rings. The molecule has 0 aromatic heterocycles. The lowest BCUT2D eigenvalue weighted by molar-refractivity contribution is 0.186. The number of hydrogen-bond donors (Lipinski definition) is 2. The fourth-order valence-corrected chi connectivity index (χ4v) is 3.29. The van der Waals surface area contributed by atoms with Crippen LogP contribution in [0.25, 0.3) is 0 Å². The minimum atomic E-state index is -3.56. The number of hydrogen-bond acceptors (Lipinski definition) is 4. The summed E-state index contributed by atoms with van der Waals surface area (Å²) < 4.78 is 32.0. The minimum absolute atomic E-state index is 0.145. The van der Waals surface area contributed by atoms with Crippen molar-refractivity contribution in [2.75, 3.05) is 19.8 Å². The lowest BCUT2D eigenvalue weighted by atomic mass is 10.1. The Morgan fingerprint density at radius 2 is 2.17 bits per heavy atom. The fraction of sp³-hybridized carbons (Fsp3) is 0.500. The maximum atomic E-state index is 12.1. The molecule has 18 heavy (non-hydrogen) atoms. The topological polar surface area (TPSA) is 75.6 Å². The zero-order valence-corrected chi connectivity index (χ0v) is 10.8. The number of ether oxygens (including phenoxy) is 1. The summed E-state index contributed by atoms with van der Waals surface area (Å²) in [5.74, 6) is 0.237. The van der Waals surface area contributed by atoms with Gasteiger partial charge in [0, 0.05) is 13.2 Å². The maximum Gasteiger partial charge on any atom is 0.240 e. The van der Waals surface area contributed by atoms with Crippen LogP contribution in [0.15, 0.2) is 29.2 Å². The molecule has 0 aliphatic carbocycles. The average Bonchev–Trinajstić information content (AvgIpc) is 2.89. The van der Waals surface area contributed by atoms with Crippen LogP contribution in [0.4, 0.5) is 0 Å². The van der Waals surface area contributed by atoms with Crippen molar-refractivity contribution in [2.45, 2.75) is 17.9 Å². The second-order valence-corrected chi connectivity index (χ2v) is 6.08. The molecule has 1 aliphatic rings. The minimum Gasteiger partial charge on any atom is -0.392 e. The van der Waals surface area contributed by atoms with Crippen LogP contribution in [0.3, 0.4) is 0 Å². The first-order valence-corrected chi connectivity index (χ1v) is 7.38. The van der Waals surface area contributed by atoms with Crippen LogP contribution in [0.5, 0.6) is 0 Å². The second-order valence-electron chi connectivity index (χ2n) is 4.35. The average molecular weight is 271 g/mol. The molecule has 1 atom stereocenters. The number of nitrogens with one attached hydrogen (secondary N) is 1. The van der Waals surface area contributed by atoms with Gasteiger partial charge in [-0.3, -0.25) is 0 Å². The summed E-state index contributed by atoms with van der Waals surface area (Å²) in [6, 6.07) is 6.45. The van der Waals surface area contributed by atoms with Crippen LogP contribution in [0, 0.1) is 5.92 Å². The van der Waals surface area contributed by atoms with Gasteiger partial charge in [-0.25, -0.2) is 13.1 Å². The van der Waals surface area contributed by atoms with Crippen LogP contribution in [0.1, 0.15) is 12.0 Å². The molecule has 1 fully saturated rings. The third kappa shape index (κ3) is 3.08. The van der Waals surface area contributed by atoms with Gasteiger partial charge in [0.05, 0.1) is 18.1 Å². The van der Waals surface area contributed by atoms with E-state index < -0.39 is 10.0 Å². The largest absolute Gasteiger partial charge is 0.392 e. The Hall–Kier alpha value is -0.950. The molecule has 0 spiro atoms. The Morgan fingerprint density at radius 3 is 2.83 bits per heavy atom. The molecule has 1 aliphatic heterocycles. The van der Waals surface area contributed by atoms with Crippen LogP contribution in [-0.4, -0.2) is 33.3 Å². The van der Waals surface area contributed by atoms with Gasteiger partial charge in [0.25, 0.3) is 0 Å². The molecule has 6 heteroatoms. The summed E-state index contributed by atoms with van der Waals surface area (Å²) in [7, 11) is -3.56. The van der Waals surface area contributed by atoms with Crippen molar-refractivity contribution in [1.82, 2.24) is 4.72 Å². The first-order valence-electron chi connectivity index (χ1n) is 5.89. The molecule has 1 unspecified atom stereocenters. The van der Waals surface area contributed by atoms with Gasteiger partial charge in [-0.15, -0.1) is 0 Å². The molecule has 1 aromatic carbocycles. The third-order valence-electron chi connectivity index (χ3n) is 3.02. The zero-order valence-electron chi connectivity index (χ0n) is 10.0. The van der Waals surface area contributed by atoms with Gasteiger partial charge in [0.1, 0.15) is 0 Å². The van der Waals surface area contributed by atoms with E-state index in [9.17, 15) is 8.42 Å². The van der Waals surface area contributed by atoms with Crippen LogP contribution >= 0.6 is 0 Å². The molecule has 0 amide bonds. The van der Waals surface area contributed by atoms with Crippen molar-refractivity contribution >= 4 is 10.0 Å². The molecule has 5 nitrogen and oxygen atoms in total. The van der Waals surface area contributed by atoms with E-state index in [-0.39, 0.29) is 17.4 Å². The maximum absolute atomic E-state index is 12.1. The van der Waals surface area contributed by atoms with E-state index in [0.29, 0.717) is 25.3 Å².